The van der Waals surface area contributed by atoms with E-state index in [9.17, 15) is 4.79 Å². The number of nitrogens with zero attached hydrogens (tertiary/aromatic N) is 2. The number of aromatic nitrogens is 1. The van der Waals surface area contributed by atoms with Crippen molar-refractivity contribution >= 4 is 28.1 Å². The number of amides is 1. The number of carbonyl (C=O) groups excluding carboxylic acids is 1. The van der Waals surface area contributed by atoms with Gasteiger partial charge in [0.25, 0.3) is 0 Å². The maximum atomic E-state index is 12.6. The molecule has 1 amide bonds. The average Bonchev–Trinajstić information content (AvgIpc) is 3.27. The lowest BCUT2D eigenvalue weighted by Gasteiger charge is -2.32. The Morgan fingerprint density at radius 1 is 1.12 bits per heavy atom. The summed E-state index contributed by atoms with van der Waals surface area (Å²) in [5, 5.41) is 9.07. The number of thiazole rings is 1. The van der Waals surface area contributed by atoms with Gasteiger partial charge in [0.2, 0.25) is 5.91 Å². The van der Waals surface area contributed by atoms with E-state index in [0.29, 0.717) is 10.9 Å². The molecule has 0 radical (unpaired) electrons. The highest BCUT2D eigenvalue weighted by Crippen LogP contribution is 2.32. The van der Waals surface area contributed by atoms with E-state index < -0.39 is 0 Å². The zero-order chi connectivity index (χ0) is 23.0. The van der Waals surface area contributed by atoms with Crippen molar-refractivity contribution in [3.05, 3.63) is 65.2 Å². The number of benzene rings is 2. The minimum Gasteiger partial charge on any atom is -0.497 e. The quantitative estimate of drug-likeness (QED) is 0.492. The second-order valence-corrected chi connectivity index (χ2v) is 8.97. The molecule has 0 spiro atoms. The molecule has 2 aromatic carbocycles. The van der Waals surface area contributed by atoms with Crippen molar-refractivity contribution < 1.29 is 14.3 Å². The van der Waals surface area contributed by atoms with E-state index in [1.807, 2.05) is 29.6 Å². The van der Waals surface area contributed by atoms with Gasteiger partial charge in [-0.25, -0.2) is 4.98 Å². The molecule has 1 fully saturated rings. The van der Waals surface area contributed by atoms with Crippen LogP contribution in [0.5, 0.6) is 11.5 Å². The number of hydrogen-bond acceptors (Lipinski definition) is 7. The lowest BCUT2D eigenvalue weighted by molar-refractivity contribution is -0.121. The van der Waals surface area contributed by atoms with Crippen LogP contribution < -0.4 is 20.1 Å². The van der Waals surface area contributed by atoms with Crippen LogP contribution in [0.2, 0.25) is 0 Å². The fraction of sp³-hybridized carbons (Fsp3) is 0.360. The number of anilines is 2. The number of carbonyl (C=O) groups is 1. The van der Waals surface area contributed by atoms with Gasteiger partial charge >= 0.3 is 0 Å². The topological polar surface area (TPSA) is 75.7 Å². The lowest BCUT2D eigenvalue weighted by atomic mass is 10.0. The molecule has 0 aliphatic carbocycles. The highest BCUT2D eigenvalue weighted by atomic mass is 32.1. The molecule has 7 nitrogen and oxygen atoms in total. The maximum absolute atomic E-state index is 12.6. The largest absolute Gasteiger partial charge is 0.497 e. The second-order valence-electron chi connectivity index (χ2n) is 8.12. The van der Waals surface area contributed by atoms with Crippen LogP contribution in [0.15, 0.2) is 53.9 Å². The third kappa shape index (κ3) is 6.46. The Labute approximate surface area is 198 Å². The van der Waals surface area contributed by atoms with Gasteiger partial charge in [0.05, 0.1) is 32.0 Å². The smallest absolute Gasteiger partial charge is 0.226 e. The van der Waals surface area contributed by atoms with Crippen molar-refractivity contribution in [3.8, 4) is 11.5 Å². The van der Waals surface area contributed by atoms with E-state index in [1.54, 1.807) is 14.2 Å². The molecule has 0 saturated carbocycles. The Morgan fingerprint density at radius 3 is 2.64 bits per heavy atom. The Morgan fingerprint density at radius 2 is 1.91 bits per heavy atom. The molecule has 3 aromatic rings. The predicted octanol–water partition coefficient (Wildman–Crippen LogP) is 4.23. The highest BCUT2D eigenvalue weighted by Gasteiger charge is 2.21. The number of piperidine rings is 1. The SMILES string of the molecule is COc1ccc(OC)c(Nc2nc(CC(=O)NC3CCN(Cc4ccccc4)CC3)cs2)c1. The van der Waals surface area contributed by atoms with E-state index in [1.165, 1.54) is 16.9 Å². The fourth-order valence-corrected chi connectivity index (χ4v) is 4.72. The van der Waals surface area contributed by atoms with Crippen molar-refractivity contribution in [3.63, 3.8) is 0 Å². The minimum absolute atomic E-state index is 0.0207. The zero-order valence-electron chi connectivity index (χ0n) is 19.0. The van der Waals surface area contributed by atoms with Crippen LogP contribution in [0.3, 0.4) is 0 Å². The monoisotopic (exact) mass is 466 g/mol. The Balaban J connectivity index is 1.25. The first-order valence-electron chi connectivity index (χ1n) is 11.1. The van der Waals surface area contributed by atoms with Crippen LogP contribution in [0.4, 0.5) is 10.8 Å². The number of rotatable bonds is 9. The molecule has 4 rings (SSSR count). The number of hydrogen-bond donors (Lipinski definition) is 2. The summed E-state index contributed by atoms with van der Waals surface area (Å²) in [5.41, 5.74) is 2.85. The van der Waals surface area contributed by atoms with Crippen molar-refractivity contribution in [1.82, 2.24) is 15.2 Å². The summed E-state index contributed by atoms with van der Waals surface area (Å²) in [7, 11) is 3.25. The van der Waals surface area contributed by atoms with E-state index in [-0.39, 0.29) is 18.4 Å². The molecule has 8 heteroatoms. The van der Waals surface area contributed by atoms with E-state index in [0.717, 1.165) is 49.6 Å². The van der Waals surface area contributed by atoms with E-state index in [2.05, 4.69) is 44.8 Å². The molecule has 1 saturated heterocycles. The maximum Gasteiger partial charge on any atom is 0.226 e. The van der Waals surface area contributed by atoms with Gasteiger partial charge in [0.1, 0.15) is 11.5 Å². The molecule has 1 aromatic heterocycles. The van der Waals surface area contributed by atoms with Gasteiger partial charge in [-0.3, -0.25) is 9.69 Å². The first-order valence-corrected chi connectivity index (χ1v) is 12.0. The minimum atomic E-state index is 0.0207. The van der Waals surface area contributed by atoms with Crippen LogP contribution in [0.25, 0.3) is 0 Å². The molecule has 174 valence electrons. The molecule has 1 aliphatic heterocycles. The molecule has 1 aliphatic rings. The lowest BCUT2D eigenvalue weighted by Crippen LogP contribution is -2.44. The first kappa shape index (κ1) is 23.1. The van der Waals surface area contributed by atoms with Gasteiger partial charge in [-0.1, -0.05) is 30.3 Å². The summed E-state index contributed by atoms with van der Waals surface area (Å²) in [6.45, 7) is 2.95. The summed E-state index contributed by atoms with van der Waals surface area (Å²) >= 11 is 1.46. The Bertz CT molecular complexity index is 1050. The van der Waals surface area contributed by atoms with Crippen molar-refractivity contribution in [2.75, 3.05) is 32.6 Å². The summed E-state index contributed by atoms with van der Waals surface area (Å²) in [6.07, 6.45) is 2.22. The summed E-state index contributed by atoms with van der Waals surface area (Å²) in [4.78, 5) is 19.6. The molecule has 2 heterocycles. The van der Waals surface area contributed by atoms with Crippen molar-refractivity contribution in [2.45, 2.75) is 31.8 Å². The van der Waals surface area contributed by atoms with E-state index in [4.69, 9.17) is 9.47 Å². The number of likely N-dealkylation sites (tertiary alicyclic amines) is 1. The van der Waals surface area contributed by atoms with Gasteiger partial charge in [-0.15, -0.1) is 11.3 Å². The molecular formula is C25H30N4O3S. The van der Waals surface area contributed by atoms with Crippen LogP contribution in [-0.4, -0.2) is 49.1 Å². The van der Waals surface area contributed by atoms with Crippen LogP contribution >= 0.6 is 11.3 Å². The van der Waals surface area contributed by atoms with Crippen LogP contribution in [-0.2, 0) is 17.8 Å². The van der Waals surface area contributed by atoms with Gasteiger partial charge in [-0.05, 0) is 30.5 Å². The molecule has 0 bridgehead atoms. The average molecular weight is 467 g/mol. The third-order valence-electron chi connectivity index (χ3n) is 5.74. The number of methoxy groups -OCH3 is 2. The summed E-state index contributed by atoms with van der Waals surface area (Å²) in [6, 6.07) is 16.3. The summed E-state index contributed by atoms with van der Waals surface area (Å²) < 4.78 is 10.7. The highest BCUT2D eigenvalue weighted by molar-refractivity contribution is 7.13. The molecule has 0 unspecified atom stereocenters. The van der Waals surface area contributed by atoms with Gasteiger partial charge < -0.3 is 20.1 Å². The van der Waals surface area contributed by atoms with Gasteiger partial charge in [0.15, 0.2) is 5.13 Å². The molecule has 2 N–H and O–H groups in total. The fourth-order valence-electron chi connectivity index (χ4n) is 3.99. The normalized spacial score (nSPS) is 14.6. The van der Waals surface area contributed by atoms with Crippen molar-refractivity contribution in [2.24, 2.45) is 0 Å². The third-order valence-corrected chi connectivity index (χ3v) is 6.55. The summed E-state index contributed by atoms with van der Waals surface area (Å²) in [5.74, 6) is 1.44. The van der Waals surface area contributed by atoms with Crippen LogP contribution in [0.1, 0.15) is 24.1 Å². The van der Waals surface area contributed by atoms with Gasteiger partial charge in [-0.2, -0.15) is 0 Å². The van der Waals surface area contributed by atoms with Crippen molar-refractivity contribution in [1.29, 1.82) is 0 Å². The predicted molar refractivity (Wildman–Crippen MR) is 132 cm³/mol. The van der Waals surface area contributed by atoms with E-state index >= 15 is 0 Å². The molecule has 0 atom stereocenters. The van der Waals surface area contributed by atoms with Gasteiger partial charge in [0, 0.05) is 37.1 Å². The number of ether oxygens (including phenoxy) is 2. The standard InChI is InChI=1S/C25H30N4O3S/c1-31-21-8-9-23(32-2)22(15-21)28-25-27-20(17-33-25)14-24(30)26-19-10-12-29(13-11-19)16-18-6-4-3-5-7-18/h3-9,15,17,19H,10-14,16H2,1-2H3,(H,26,30)(H,27,28). The molecular weight excluding hydrogens is 436 g/mol. The first-order chi connectivity index (χ1) is 16.1. The Kier molecular flexibility index (Phi) is 7.80. The second kappa shape index (κ2) is 11.2. The molecule has 33 heavy (non-hydrogen) atoms. The Hall–Kier alpha value is -3.10. The van der Waals surface area contributed by atoms with Crippen LogP contribution in [0, 0.1) is 0 Å². The number of nitrogens with one attached hydrogen (secondary N) is 2. The zero-order valence-corrected chi connectivity index (χ0v) is 19.9.